The topological polar surface area (TPSA) is 63.7 Å². The van der Waals surface area contributed by atoms with Gasteiger partial charge in [-0.1, -0.05) is 11.6 Å². The van der Waals surface area contributed by atoms with Crippen LogP contribution >= 0.6 is 11.6 Å². The first kappa shape index (κ1) is 12.7. The molecule has 0 saturated heterocycles. The minimum atomic E-state index is -0.242. The van der Waals surface area contributed by atoms with E-state index < -0.39 is 0 Å². The van der Waals surface area contributed by atoms with Crippen LogP contribution in [0.3, 0.4) is 0 Å². The Hall–Kier alpha value is -2.34. The van der Waals surface area contributed by atoms with Gasteiger partial charge in [0.2, 0.25) is 0 Å². The number of anilines is 1. The van der Waals surface area contributed by atoms with Crippen molar-refractivity contribution < 1.29 is 9.10 Å². The van der Waals surface area contributed by atoms with Crippen molar-refractivity contribution in [1.29, 1.82) is 0 Å². The van der Waals surface area contributed by atoms with Gasteiger partial charge >= 0.3 is 17.4 Å². The van der Waals surface area contributed by atoms with E-state index in [0.29, 0.717) is 28.1 Å². The summed E-state index contributed by atoms with van der Waals surface area (Å²) in [5.41, 5.74) is 0.945. The molecule has 0 N–H and O–H groups in total. The van der Waals surface area contributed by atoms with Crippen LogP contribution in [0.5, 0.6) is 0 Å². The minimum absolute atomic E-state index is 0.242. The highest BCUT2D eigenvalue weighted by atomic mass is 35.5. The molecule has 1 aromatic carbocycles. The molecule has 0 aliphatic carbocycles. The zero-order valence-electron chi connectivity index (χ0n) is 10.9. The molecule has 20 heavy (non-hydrogen) atoms. The third-order valence-electron chi connectivity index (χ3n) is 3.23. The van der Waals surface area contributed by atoms with Crippen molar-refractivity contribution in [1.82, 2.24) is 4.74 Å². The maximum atomic E-state index is 12.0. The second kappa shape index (κ2) is 4.35. The van der Waals surface area contributed by atoms with E-state index in [0.717, 1.165) is 11.1 Å². The maximum absolute atomic E-state index is 12.0. The fraction of sp³-hybridized carbons (Fsp3) is 0.154. The van der Waals surface area contributed by atoms with Crippen LogP contribution in [0.2, 0.25) is 5.02 Å². The fourth-order valence-corrected chi connectivity index (χ4v) is 2.33. The summed E-state index contributed by atoms with van der Waals surface area (Å²) >= 11 is 5.85. The molecule has 2 heterocycles. The van der Waals surface area contributed by atoms with Gasteiger partial charge in [-0.25, -0.2) is 9.69 Å². The lowest BCUT2D eigenvalue weighted by Gasteiger charge is -2.14. The zero-order chi connectivity index (χ0) is 14.4. The van der Waals surface area contributed by atoms with Crippen molar-refractivity contribution in [2.45, 2.75) is 6.92 Å². The van der Waals surface area contributed by atoms with Crippen LogP contribution in [0.25, 0.3) is 5.41 Å². The van der Waals surface area contributed by atoms with Gasteiger partial charge in [0.1, 0.15) is 11.3 Å². The number of rotatable bonds is 2. The molecule has 102 valence electrons. The van der Waals surface area contributed by atoms with Gasteiger partial charge in [0.05, 0.1) is 13.4 Å². The lowest BCUT2D eigenvalue weighted by atomic mass is 10.3. The summed E-state index contributed by atoms with van der Waals surface area (Å²) < 4.78 is 8.24. The third kappa shape index (κ3) is 1.61. The van der Waals surface area contributed by atoms with Crippen LogP contribution in [-0.4, -0.2) is 28.7 Å². The van der Waals surface area contributed by atoms with Crippen molar-refractivity contribution >= 4 is 35.5 Å². The van der Waals surface area contributed by atoms with Crippen molar-refractivity contribution in [3.63, 3.8) is 0 Å². The molecule has 0 radical (unpaired) electrons. The molecule has 1 aliphatic heterocycles. The Morgan fingerprint density at radius 3 is 2.60 bits per heavy atom. The Kier molecular flexibility index (Phi) is 2.76. The molecule has 1 aliphatic rings. The van der Waals surface area contributed by atoms with E-state index in [1.165, 1.54) is 4.90 Å². The average molecular weight is 291 g/mol. The number of aromatic nitrogens is 1. The fourth-order valence-electron chi connectivity index (χ4n) is 2.21. The van der Waals surface area contributed by atoms with Crippen molar-refractivity contribution in [3.05, 3.63) is 50.6 Å². The second-order valence-corrected chi connectivity index (χ2v) is 4.88. The first-order chi connectivity index (χ1) is 9.54. The quantitative estimate of drug-likeness (QED) is 0.483. The lowest BCUT2D eigenvalue weighted by Crippen LogP contribution is -2.43. The number of hydrogen-bond donors (Lipinski definition) is 0. The summed E-state index contributed by atoms with van der Waals surface area (Å²) in [6.45, 7) is 1.69. The van der Waals surface area contributed by atoms with E-state index in [4.69, 9.17) is 16.1 Å². The largest absolute Gasteiger partial charge is 0.437 e. The first-order valence-corrected chi connectivity index (χ1v) is 6.28. The van der Waals surface area contributed by atoms with E-state index in [-0.39, 0.29) is 5.56 Å². The Morgan fingerprint density at radius 1 is 1.40 bits per heavy atom. The van der Waals surface area contributed by atoms with Gasteiger partial charge in [0.15, 0.2) is 0 Å². The Bertz CT molecular complexity index is 786. The highest BCUT2D eigenvalue weighted by molar-refractivity contribution is 6.30. The molecule has 1 aromatic heterocycles. The molecular formula is C13H11ClN4O2. The first-order valence-electron chi connectivity index (χ1n) is 5.91. The van der Waals surface area contributed by atoms with Crippen LogP contribution in [-0.2, 0) is 0 Å². The van der Waals surface area contributed by atoms with E-state index in [1.807, 2.05) is 0 Å². The predicted octanol–water partition coefficient (Wildman–Crippen LogP) is 2.00. The SMILES string of the molecule is Cc1c2on(c1=O)C(N(C=[N-])c1ccc(Cl)cc1)=[N+]2C. The summed E-state index contributed by atoms with van der Waals surface area (Å²) in [4.78, 5) is 13.4. The minimum Gasteiger partial charge on any atom is -0.437 e. The number of nitrogens with zero attached hydrogens (tertiary/aromatic N) is 4. The normalized spacial score (nSPS) is 12.9. The second-order valence-electron chi connectivity index (χ2n) is 4.44. The zero-order valence-corrected chi connectivity index (χ0v) is 11.6. The molecule has 6 nitrogen and oxygen atoms in total. The molecule has 0 unspecified atom stereocenters. The smallest absolute Gasteiger partial charge is 0.412 e. The Morgan fingerprint density at radius 2 is 2.05 bits per heavy atom. The highest BCUT2D eigenvalue weighted by Gasteiger charge is 2.39. The molecule has 3 rings (SSSR count). The summed E-state index contributed by atoms with van der Waals surface area (Å²) in [6.07, 6.45) is 0.877. The molecule has 0 saturated carbocycles. The van der Waals surface area contributed by atoms with Crippen molar-refractivity contribution in [2.24, 2.45) is 0 Å². The molecule has 0 spiro atoms. The van der Waals surface area contributed by atoms with E-state index >= 15 is 0 Å². The van der Waals surface area contributed by atoms with E-state index in [2.05, 4.69) is 0 Å². The van der Waals surface area contributed by atoms with E-state index in [1.54, 1.807) is 42.8 Å². The average Bonchev–Trinajstić information content (AvgIpc) is 2.91. The van der Waals surface area contributed by atoms with Gasteiger partial charge < -0.3 is 5.41 Å². The van der Waals surface area contributed by atoms with Gasteiger partial charge in [0.25, 0.3) is 0 Å². The van der Waals surface area contributed by atoms with Gasteiger partial charge in [-0.2, -0.15) is 4.58 Å². The third-order valence-corrected chi connectivity index (χ3v) is 3.48. The summed E-state index contributed by atoms with van der Waals surface area (Å²) in [6, 6.07) is 6.86. The summed E-state index contributed by atoms with van der Waals surface area (Å²) in [5, 5.41) is 10.1. The number of halogens is 1. The van der Waals surface area contributed by atoms with Crippen LogP contribution in [0.1, 0.15) is 5.56 Å². The predicted molar refractivity (Wildman–Crippen MR) is 77.3 cm³/mol. The molecule has 7 heteroatoms. The number of fused-ring (bicyclic) bond motifs is 2. The lowest BCUT2D eigenvalue weighted by molar-refractivity contribution is -0.415. The van der Waals surface area contributed by atoms with Crippen LogP contribution in [0, 0.1) is 6.92 Å². The maximum Gasteiger partial charge on any atom is 0.412 e. The van der Waals surface area contributed by atoms with E-state index in [9.17, 15) is 10.2 Å². The Balaban J connectivity index is 2.13. The highest BCUT2D eigenvalue weighted by Crippen LogP contribution is 2.24. The van der Waals surface area contributed by atoms with Gasteiger partial charge in [-0.3, -0.25) is 4.52 Å². The van der Waals surface area contributed by atoms with Crippen molar-refractivity contribution in [2.75, 3.05) is 11.9 Å². The number of hydrogen-bond acceptors (Lipinski definition) is 2. The van der Waals surface area contributed by atoms with Crippen LogP contribution in [0.15, 0.2) is 33.6 Å². The molecule has 0 atom stereocenters. The van der Waals surface area contributed by atoms with Crippen LogP contribution < -0.4 is 10.5 Å². The molecule has 2 bridgehead atoms. The van der Waals surface area contributed by atoms with Gasteiger partial charge in [0, 0.05) is 5.02 Å². The monoisotopic (exact) mass is 290 g/mol. The molecule has 0 fully saturated rings. The number of benzene rings is 1. The summed E-state index contributed by atoms with van der Waals surface area (Å²) in [5.74, 6) is 0.867. The molecule has 0 amide bonds. The molecule has 2 aromatic rings. The van der Waals surface area contributed by atoms with Gasteiger partial charge in [-0.05, 0) is 35.9 Å². The molecular weight excluding hydrogens is 280 g/mol. The standard InChI is InChI=1S/C13H11ClN4O2/c1-8-11(19)18-13(16(2)12(8)20-18)17(7-15)10-5-3-9(14)4-6-10/h3-7H,1-2H3. The summed E-state index contributed by atoms with van der Waals surface area (Å²) in [7, 11) is 1.76. The van der Waals surface area contributed by atoms with Crippen LogP contribution in [0.4, 0.5) is 11.6 Å². The van der Waals surface area contributed by atoms with Gasteiger partial charge in [-0.15, -0.1) is 0 Å². The van der Waals surface area contributed by atoms with Crippen molar-refractivity contribution in [3.8, 4) is 0 Å². The Labute approximate surface area is 119 Å².